The largest absolute Gasteiger partial charge is 0.324 e. The lowest BCUT2D eigenvalue weighted by Gasteiger charge is -2.33. The van der Waals surface area contributed by atoms with Crippen LogP contribution in [0.4, 0.5) is 11.6 Å². The highest BCUT2D eigenvalue weighted by atomic mass is 35.5. The van der Waals surface area contributed by atoms with Crippen molar-refractivity contribution in [3.63, 3.8) is 0 Å². The third kappa shape index (κ3) is 6.20. The number of hydrogen-bond acceptors (Lipinski definition) is 7. The van der Waals surface area contributed by atoms with Crippen LogP contribution < -0.4 is 5.32 Å². The summed E-state index contributed by atoms with van der Waals surface area (Å²) >= 11 is 6.19. The molecule has 40 heavy (non-hydrogen) atoms. The summed E-state index contributed by atoms with van der Waals surface area (Å²) in [7, 11) is 4.37. The lowest BCUT2D eigenvalue weighted by atomic mass is 10.1. The Balaban J connectivity index is 1.22. The van der Waals surface area contributed by atoms with Gasteiger partial charge in [-0.15, -0.1) is 0 Å². The fourth-order valence-corrected chi connectivity index (χ4v) is 5.72. The number of hydrogen-bond donors (Lipinski definition) is 1. The zero-order valence-electron chi connectivity index (χ0n) is 23.3. The second-order valence-corrected chi connectivity index (χ2v) is 11.4. The van der Waals surface area contributed by atoms with Crippen LogP contribution in [0.2, 0.25) is 5.02 Å². The normalized spacial score (nSPS) is 19.1. The number of anilines is 2. The minimum Gasteiger partial charge on any atom is -0.324 e. The molecule has 4 heterocycles. The van der Waals surface area contributed by atoms with Gasteiger partial charge >= 0.3 is 0 Å². The Bertz CT molecular complexity index is 1410. The molecule has 2 fully saturated rings. The zero-order chi connectivity index (χ0) is 27.5. The van der Waals surface area contributed by atoms with Crippen molar-refractivity contribution < 1.29 is 0 Å². The maximum atomic E-state index is 6.19. The number of piperazine rings is 1. The number of piperidine rings is 1. The van der Waals surface area contributed by atoms with Crippen molar-refractivity contribution in [2.75, 3.05) is 52.1 Å². The van der Waals surface area contributed by atoms with Crippen molar-refractivity contribution in [3.8, 4) is 22.6 Å². The summed E-state index contributed by atoms with van der Waals surface area (Å²) in [6, 6.07) is 20.6. The molecule has 6 rings (SSSR count). The van der Waals surface area contributed by atoms with Gasteiger partial charge in [-0.05, 0) is 87.4 Å². The quantitative estimate of drug-likeness (QED) is 0.310. The fraction of sp³-hybridized carbons (Fsp3) is 0.387. The minimum absolute atomic E-state index is 0.206. The SMILES string of the molecule is CN1CCN(Cc2ccc(Nc3nccc(-c4cc(-c5ccc(Cl)cc5)n(C5CCCCN5C)n4)n3)cc2)CC1. The van der Waals surface area contributed by atoms with Crippen LogP contribution >= 0.6 is 11.6 Å². The van der Waals surface area contributed by atoms with E-state index in [9.17, 15) is 0 Å². The number of benzene rings is 2. The number of halogens is 1. The summed E-state index contributed by atoms with van der Waals surface area (Å²) in [5, 5.41) is 9.20. The van der Waals surface area contributed by atoms with E-state index in [0.717, 1.165) is 79.0 Å². The van der Waals surface area contributed by atoms with Gasteiger partial charge in [0, 0.05) is 49.6 Å². The van der Waals surface area contributed by atoms with Crippen molar-refractivity contribution in [1.29, 1.82) is 0 Å². The van der Waals surface area contributed by atoms with E-state index in [4.69, 9.17) is 21.7 Å². The average Bonchev–Trinajstić information content (AvgIpc) is 3.41. The van der Waals surface area contributed by atoms with Crippen LogP contribution in [0.25, 0.3) is 22.6 Å². The molecule has 4 aromatic rings. The number of nitrogens with one attached hydrogen (secondary N) is 1. The van der Waals surface area contributed by atoms with E-state index in [1.165, 1.54) is 18.4 Å². The zero-order valence-corrected chi connectivity index (χ0v) is 24.1. The summed E-state index contributed by atoms with van der Waals surface area (Å²) in [6.07, 6.45) is 5.48. The highest BCUT2D eigenvalue weighted by Crippen LogP contribution is 2.33. The summed E-state index contributed by atoms with van der Waals surface area (Å²) in [4.78, 5) is 16.6. The summed E-state index contributed by atoms with van der Waals surface area (Å²) < 4.78 is 2.16. The van der Waals surface area contributed by atoms with Gasteiger partial charge in [-0.3, -0.25) is 9.80 Å². The molecule has 8 nitrogen and oxygen atoms in total. The molecule has 1 N–H and O–H groups in total. The molecule has 2 aliphatic rings. The Labute approximate surface area is 241 Å². The van der Waals surface area contributed by atoms with Crippen LogP contribution in [0.1, 0.15) is 31.0 Å². The van der Waals surface area contributed by atoms with Gasteiger partial charge in [-0.25, -0.2) is 14.6 Å². The molecule has 0 spiro atoms. The molecule has 0 aliphatic carbocycles. The van der Waals surface area contributed by atoms with Gasteiger partial charge in [0.05, 0.1) is 11.4 Å². The van der Waals surface area contributed by atoms with Crippen LogP contribution in [0, 0.1) is 0 Å². The van der Waals surface area contributed by atoms with Gasteiger partial charge in [0.25, 0.3) is 0 Å². The second-order valence-electron chi connectivity index (χ2n) is 11.0. The first-order chi connectivity index (χ1) is 19.5. The van der Waals surface area contributed by atoms with Crippen LogP contribution in [-0.4, -0.2) is 81.3 Å². The van der Waals surface area contributed by atoms with Gasteiger partial charge in [0.15, 0.2) is 0 Å². The summed E-state index contributed by atoms with van der Waals surface area (Å²) in [5.74, 6) is 0.557. The Kier molecular flexibility index (Phi) is 8.11. The Morgan fingerprint density at radius 2 is 1.65 bits per heavy atom. The molecule has 0 amide bonds. The predicted octanol–water partition coefficient (Wildman–Crippen LogP) is 5.77. The smallest absolute Gasteiger partial charge is 0.227 e. The second kappa shape index (κ2) is 12.1. The molecule has 208 valence electrons. The molecule has 2 saturated heterocycles. The number of nitrogens with zero attached hydrogens (tertiary/aromatic N) is 7. The summed E-state index contributed by atoms with van der Waals surface area (Å²) in [5.41, 5.74) is 6.06. The number of rotatable bonds is 7. The van der Waals surface area contributed by atoms with Crippen molar-refractivity contribution in [1.82, 2.24) is 34.4 Å². The van der Waals surface area contributed by atoms with Gasteiger partial charge in [-0.1, -0.05) is 35.9 Å². The predicted molar refractivity (Wildman–Crippen MR) is 162 cm³/mol. The van der Waals surface area contributed by atoms with Crippen molar-refractivity contribution in [2.45, 2.75) is 32.0 Å². The highest BCUT2D eigenvalue weighted by molar-refractivity contribution is 6.30. The molecule has 0 bridgehead atoms. The van der Waals surface area contributed by atoms with Gasteiger partial charge in [0.2, 0.25) is 5.95 Å². The van der Waals surface area contributed by atoms with Crippen LogP contribution in [0.5, 0.6) is 0 Å². The van der Waals surface area contributed by atoms with Crippen molar-refractivity contribution in [2.24, 2.45) is 0 Å². The van der Waals surface area contributed by atoms with E-state index in [1.54, 1.807) is 6.20 Å². The number of likely N-dealkylation sites (tertiary alicyclic amines) is 1. The van der Waals surface area contributed by atoms with Crippen molar-refractivity contribution in [3.05, 3.63) is 77.4 Å². The highest BCUT2D eigenvalue weighted by Gasteiger charge is 2.25. The minimum atomic E-state index is 0.206. The lowest BCUT2D eigenvalue weighted by molar-refractivity contribution is 0.117. The van der Waals surface area contributed by atoms with Crippen LogP contribution in [0.15, 0.2) is 66.9 Å². The molecule has 9 heteroatoms. The van der Waals surface area contributed by atoms with Gasteiger partial charge in [0.1, 0.15) is 11.9 Å². The first-order valence-electron chi connectivity index (χ1n) is 14.2. The van der Waals surface area contributed by atoms with E-state index < -0.39 is 0 Å². The monoisotopic (exact) mass is 556 g/mol. The van der Waals surface area contributed by atoms with Crippen molar-refractivity contribution >= 4 is 23.2 Å². The van der Waals surface area contributed by atoms with E-state index in [2.05, 4.69) is 86.2 Å². The molecule has 1 atom stereocenters. The molecule has 2 aliphatic heterocycles. The first kappa shape index (κ1) is 26.9. The number of likely N-dealkylation sites (N-methyl/N-ethyl adjacent to an activating group) is 1. The van der Waals surface area contributed by atoms with E-state index in [-0.39, 0.29) is 6.17 Å². The Hall–Kier alpha value is -3.30. The molecule has 0 saturated carbocycles. The Morgan fingerprint density at radius 3 is 2.40 bits per heavy atom. The lowest BCUT2D eigenvalue weighted by Crippen LogP contribution is -2.43. The van der Waals surface area contributed by atoms with E-state index in [1.807, 2.05) is 18.2 Å². The van der Waals surface area contributed by atoms with Crippen LogP contribution in [0.3, 0.4) is 0 Å². The van der Waals surface area contributed by atoms with E-state index in [0.29, 0.717) is 5.95 Å². The third-order valence-electron chi connectivity index (χ3n) is 8.02. The third-order valence-corrected chi connectivity index (χ3v) is 8.27. The first-order valence-corrected chi connectivity index (χ1v) is 14.6. The molecule has 0 radical (unpaired) electrons. The summed E-state index contributed by atoms with van der Waals surface area (Å²) in [6.45, 7) is 6.53. The molecule has 1 unspecified atom stereocenters. The number of aromatic nitrogens is 4. The average molecular weight is 557 g/mol. The fourth-order valence-electron chi connectivity index (χ4n) is 5.60. The molecular formula is C31H37ClN8. The molecule has 2 aromatic carbocycles. The maximum Gasteiger partial charge on any atom is 0.227 e. The molecular weight excluding hydrogens is 520 g/mol. The maximum absolute atomic E-state index is 6.19. The topological polar surface area (TPSA) is 65.3 Å². The molecule has 2 aromatic heterocycles. The van der Waals surface area contributed by atoms with Gasteiger partial charge < -0.3 is 10.2 Å². The van der Waals surface area contributed by atoms with E-state index >= 15 is 0 Å². The Morgan fingerprint density at radius 1 is 0.875 bits per heavy atom. The van der Waals surface area contributed by atoms with Crippen LogP contribution in [-0.2, 0) is 6.54 Å². The standard InChI is InChI=1S/C31H37ClN8/c1-37-17-19-39(20-18-37)22-23-6-12-26(13-7-23)34-31-33-15-14-27(35-31)28-21-29(24-8-10-25(32)11-9-24)40(36-28)30-5-3-4-16-38(30)2/h6-15,21,30H,3-5,16-20,22H2,1-2H3,(H,33,34,35). The van der Waals surface area contributed by atoms with Gasteiger partial charge in [-0.2, -0.15) is 5.10 Å².